The Bertz CT molecular complexity index is 590. The summed E-state index contributed by atoms with van der Waals surface area (Å²) in [5.41, 5.74) is 0.599. The molecule has 0 radical (unpaired) electrons. The maximum Gasteiger partial charge on any atom is 0.243 e. The molecule has 0 aliphatic heterocycles. The quantitative estimate of drug-likeness (QED) is 0.929. The molecule has 1 amide bonds. The fourth-order valence-electron chi connectivity index (χ4n) is 2.72. The molecule has 1 aromatic carbocycles. The van der Waals surface area contributed by atoms with E-state index in [2.05, 4.69) is 5.32 Å². The topological polar surface area (TPSA) is 66.5 Å². The second-order valence-electron chi connectivity index (χ2n) is 5.52. The molecular weight excluding hydrogens is 288 g/mol. The van der Waals surface area contributed by atoms with Crippen molar-refractivity contribution in [3.8, 4) is 0 Å². The van der Waals surface area contributed by atoms with E-state index < -0.39 is 10.0 Å². The molecule has 0 spiro atoms. The molecule has 0 unspecified atom stereocenters. The first-order valence-electron chi connectivity index (χ1n) is 7.27. The summed E-state index contributed by atoms with van der Waals surface area (Å²) in [7, 11) is -1.80. The highest BCUT2D eigenvalue weighted by Crippen LogP contribution is 2.26. The van der Waals surface area contributed by atoms with Crippen LogP contribution in [0.2, 0.25) is 0 Å². The van der Waals surface area contributed by atoms with Crippen LogP contribution in [0.25, 0.3) is 0 Å². The lowest BCUT2D eigenvalue weighted by Gasteiger charge is -2.30. The second kappa shape index (κ2) is 6.58. The molecule has 1 aromatic rings. The first-order chi connectivity index (χ1) is 9.91. The summed E-state index contributed by atoms with van der Waals surface area (Å²) in [4.78, 5) is 11.2. The number of hydrogen-bond donors (Lipinski definition) is 1. The number of hydrogen-bond acceptors (Lipinski definition) is 3. The lowest BCUT2D eigenvalue weighted by atomic mass is 9.96. The number of anilines is 1. The second-order valence-corrected chi connectivity index (χ2v) is 7.52. The molecule has 0 aromatic heterocycles. The van der Waals surface area contributed by atoms with E-state index in [1.807, 2.05) is 0 Å². The van der Waals surface area contributed by atoms with Gasteiger partial charge in [-0.3, -0.25) is 4.79 Å². The van der Waals surface area contributed by atoms with Crippen LogP contribution in [0.1, 0.15) is 39.0 Å². The lowest BCUT2D eigenvalue weighted by molar-refractivity contribution is -0.114. The van der Waals surface area contributed by atoms with Crippen LogP contribution in [0.15, 0.2) is 29.2 Å². The van der Waals surface area contributed by atoms with E-state index in [1.165, 1.54) is 17.6 Å². The van der Waals surface area contributed by atoms with Gasteiger partial charge in [0.05, 0.1) is 4.90 Å². The summed E-state index contributed by atoms with van der Waals surface area (Å²) >= 11 is 0. The number of nitrogens with one attached hydrogen (secondary N) is 1. The minimum atomic E-state index is -3.46. The van der Waals surface area contributed by atoms with E-state index in [0.29, 0.717) is 5.69 Å². The Morgan fingerprint density at radius 1 is 1.14 bits per heavy atom. The summed E-state index contributed by atoms with van der Waals surface area (Å²) in [6, 6.07) is 6.41. The first-order valence-corrected chi connectivity index (χ1v) is 8.71. The number of nitrogens with zero attached hydrogens (tertiary/aromatic N) is 1. The van der Waals surface area contributed by atoms with Gasteiger partial charge in [0.1, 0.15) is 0 Å². The summed E-state index contributed by atoms with van der Waals surface area (Å²) in [5.74, 6) is -0.176. The van der Waals surface area contributed by atoms with Gasteiger partial charge in [-0.2, -0.15) is 4.31 Å². The molecular formula is C15H22N2O3S. The largest absolute Gasteiger partial charge is 0.326 e. The number of carbonyl (C=O) groups excluding carboxylic acids is 1. The van der Waals surface area contributed by atoms with Crippen LogP contribution in [0.5, 0.6) is 0 Å². The van der Waals surface area contributed by atoms with Gasteiger partial charge in [-0.1, -0.05) is 19.3 Å². The minimum Gasteiger partial charge on any atom is -0.326 e. The Hall–Kier alpha value is -1.40. The van der Waals surface area contributed by atoms with Gasteiger partial charge in [0.25, 0.3) is 0 Å². The van der Waals surface area contributed by atoms with Gasteiger partial charge in [0.15, 0.2) is 0 Å². The van der Waals surface area contributed by atoms with E-state index in [4.69, 9.17) is 0 Å². The van der Waals surface area contributed by atoms with Crippen LogP contribution in [-0.2, 0) is 14.8 Å². The van der Waals surface area contributed by atoms with Crippen LogP contribution in [0, 0.1) is 0 Å². The average Bonchev–Trinajstić information content (AvgIpc) is 2.47. The molecule has 1 saturated carbocycles. The van der Waals surface area contributed by atoms with Crippen LogP contribution >= 0.6 is 0 Å². The van der Waals surface area contributed by atoms with E-state index in [1.54, 1.807) is 31.3 Å². The van der Waals surface area contributed by atoms with Gasteiger partial charge in [0, 0.05) is 25.7 Å². The fraction of sp³-hybridized carbons (Fsp3) is 0.533. The molecule has 21 heavy (non-hydrogen) atoms. The third-order valence-corrected chi connectivity index (χ3v) is 5.86. The van der Waals surface area contributed by atoms with E-state index in [-0.39, 0.29) is 16.8 Å². The highest BCUT2D eigenvalue weighted by atomic mass is 32.2. The van der Waals surface area contributed by atoms with Gasteiger partial charge in [0.2, 0.25) is 15.9 Å². The molecule has 116 valence electrons. The molecule has 0 heterocycles. The highest BCUT2D eigenvalue weighted by molar-refractivity contribution is 7.89. The molecule has 0 bridgehead atoms. The maximum atomic E-state index is 12.6. The van der Waals surface area contributed by atoms with Crippen LogP contribution in [0.4, 0.5) is 5.69 Å². The van der Waals surface area contributed by atoms with E-state index in [0.717, 1.165) is 25.7 Å². The number of amides is 1. The van der Waals surface area contributed by atoms with Gasteiger partial charge < -0.3 is 5.32 Å². The first kappa shape index (κ1) is 16.0. The van der Waals surface area contributed by atoms with Crippen molar-refractivity contribution in [1.29, 1.82) is 0 Å². The maximum absolute atomic E-state index is 12.6. The van der Waals surface area contributed by atoms with Gasteiger partial charge in [-0.25, -0.2) is 8.42 Å². The van der Waals surface area contributed by atoms with Crippen molar-refractivity contribution < 1.29 is 13.2 Å². The van der Waals surface area contributed by atoms with Crippen LogP contribution in [0.3, 0.4) is 0 Å². The average molecular weight is 310 g/mol. The summed E-state index contributed by atoms with van der Waals surface area (Å²) < 4.78 is 26.7. The van der Waals surface area contributed by atoms with Crippen molar-refractivity contribution in [2.75, 3.05) is 12.4 Å². The Kier molecular flexibility index (Phi) is 5.00. The third kappa shape index (κ3) is 3.83. The SMILES string of the molecule is CC(=O)Nc1ccc(S(=O)(=O)N(C)C2CCCCC2)cc1. The predicted octanol–water partition coefficient (Wildman–Crippen LogP) is 2.60. The zero-order chi connectivity index (χ0) is 15.5. The molecule has 1 fully saturated rings. The summed E-state index contributed by atoms with van der Waals surface area (Å²) in [6.07, 6.45) is 5.23. The smallest absolute Gasteiger partial charge is 0.243 e. The van der Waals surface area contributed by atoms with Crippen molar-refractivity contribution in [3.05, 3.63) is 24.3 Å². The van der Waals surface area contributed by atoms with Crippen molar-refractivity contribution >= 4 is 21.6 Å². The van der Waals surface area contributed by atoms with E-state index >= 15 is 0 Å². The molecule has 0 atom stereocenters. The minimum absolute atomic E-state index is 0.0961. The number of rotatable bonds is 4. The predicted molar refractivity (Wildman–Crippen MR) is 82.6 cm³/mol. The van der Waals surface area contributed by atoms with Crippen molar-refractivity contribution in [2.45, 2.75) is 50.0 Å². The third-order valence-electron chi connectivity index (χ3n) is 3.94. The Morgan fingerprint density at radius 3 is 2.24 bits per heavy atom. The van der Waals surface area contributed by atoms with Crippen molar-refractivity contribution in [1.82, 2.24) is 4.31 Å². The molecule has 6 heteroatoms. The Balaban J connectivity index is 2.16. The van der Waals surface area contributed by atoms with Crippen LogP contribution < -0.4 is 5.32 Å². The normalized spacial score (nSPS) is 16.9. The van der Waals surface area contributed by atoms with E-state index in [9.17, 15) is 13.2 Å². The lowest BCUT2D eigenvalue weighted by Crippen LogP contribution is -2.38. The molecule has 5 nitrogen and oxygen atoms in total. The molecule has 1 aliphatic carbocycles. The Morgan fingerprint density at radius 2 is 1.71 bits per heavy atom. The van der Waals surface area contributed by atoms with Crippen LogP contribution in [-0.4, -0.2) is 31.7 Å². The number of benzene rings is 1. The fourth-order valence-corrected chi connectivity index (χ4v) is 4.14. The van der Waals surface area contributed by atoms with Crippen molar-refractivity contribution in [2.24, 2.45) is 0 Å². The summed E-state index contributed by atoms with van der Waals surface area (Å²) in [6.45, 7) is 1.42. The molecule has 2 rings (SSSR count). The number of carbonyl (C=O) groups is 1. The zero-order valence-corrected chi connectivity index (χ0v) is 13.3. The van der Waals surface area contributed by atoms with Gasteiger partial charge >= 0.3 is 0 Å². The monoisotopic (exact) mass is 310 g/mol. The Labute approximate surface area is 126 Å². The number of sulfonamides is 1. The zero-order valence-electron chi connectivity index (χ0n) is 12.5. The standard InChI is InChI=1S/C15H22N2O3S/c1-12(18)16-13-8-10-15(11-9-13)21(19,20)17(2)14-6-4-3-5-7-14/h8-11,14H,3-7H2,1-2H3,(H,16,18). The molecule has 1 N–H and O–H groups in total. The van der Waals surface area contributed by atoms with Crippen molar-refractivity contribution in [3.63, 3.8) is 0 Å². The van der Waals surface area contributed by atoms with Gasteiger partial charge in [-0.05, 0) is 37.1 Å². The summed E-state index contributed by atoms with van der Waals surface area (Å²) in [5, 5.41) is 2.63. The highest BCUT2D eigenvalue weighted by Gasteiger charge is 2.28. The molecule has 0 saturated heterocycles. The molecule has 1 aliphatic rings. The van der Waals surface area contributed by atoms with Gasteiger partial charge in [-0.15, -0.1) is 0 Å².